The van der Waals surface area contributed by atoms with Gasteiger partial charge in [0.05, 0.1) is 12.5 Å². The third-order valence-corrected chi connectivity index (χ3v) is 3.64. The van der Waals surface area contributed by atoms with Crippen LogP contribution in [-0.2, 0) is 6.42 Å². The van der Waals surface area contributed by atoms with Crippen molar-refractivity contribution < 1.29 is 9.47 Å². The van der Waals surface area contributed by atoms with E-state index in [0.29, 0.717) is 19.6 Å². The zero-order chi connectivity index (χ0) is 12.4. The molecule has 0 fully saturated rings. The van der Waals surface area contributed by atoms with Crippen LogP contribution in [0.25, 0.3) is 10.6 Å². The highest BCUT2D eigenvalue weighted by molar-refractivity contribution is 7.15. The van der Waals surface area contributed by atoms with E-state index in [9.17, 15) is 0 Å². The maximum absolute atomic E-state index is 8.65. The van der Waals surface area contributed by atoms with Gasteiger partial charge in [0.1, 0.15) is 18.2 Å². The molecule has 1 aliphatic heterocycles. The Hall–Kier alpha value is -2.06. The minimum absolute atomic E-state index is 0.405. The van der Waals surface area contributed by atoms with E-state index >= 15 is 0 Å². The lowest BCUT2D eigenvalue weighted by Crippen LogP contribution is -2.15. The number of aromatic nitrogens is 1. The largest absolute Gasteiger partial charge is 0.486 e. The summed E-state index contributed by atoms with van der Waals surface area (Å²) < 4.78 is 11.0. The van der Waals surface area contributed by atoms with Crippen molar-refractivity contribution in [2.45, 2.75) is 6.42 Å². The van der Waals surface area contributed by atoms with E-state index in [2.05, 4.69) is 11.1 Å². The van der Waals surface area contributed by atoms with E-state index in [0.717, 1.165) is 26.9 Å². The van der Waals surface area contributed by atoms with E-state index < -0.39 is 0 Å². The monoisotopic (exact) mass is 258 g/mol. The van der Waals surface area contributed by atoms with Crippen LogP contribution in [0.15, 0.2) is 24.4 Å². The summed E-state index contributed by atoms with van der Waals surface area (Å²) in [7, 11) is 0. The second-order valence-electron chi connectivity index (χ2n) is 3.83. The zero-order valence-corrected chi connectivity index (χ0v) is 10.4. The lowest BCUT2D eigenvalue weighted by atomic mass is 10.2. The molecule has 1 aromatic heterocycles. The highest BCUT2D eigenvalue weighted by Gasteiger charge is 2.13. The molecule has 0 unspecified atom stereocenters. The number of hydrogen-bond acceptors (Lipinski definition) is 5. The van der Waals surface area contributed by atoms with Gasteiger partial charge >= 0.3 is 0 Å². The van der Waals surface area contributed by atoms with Crippen LogP contribution in [0, 0.1) is 11.3 Å². The molecule has 0 saturated carbocycles. The first-order valence-electron chi connectivity index (χ1n) is 5.58. The molecular weight excluding hydrogens is 248 g/mol. The molecule has 0 saturated heterocycles. The van der Waals surface area contributed by atoms with Crippen molar-refractivity contribution in [3.63, 3.8) is 0 Å². The van der Waals surface area contributed by atoms with Gasteiger partial charge in [-0.3, -0.25) is 0 Å². The Morgan fingerprint density at radius 2 is 2.11 bits per heavy atom. The second-order valence-corrected chi connectivity index (χ2v) is 4.94. The second kappa shape index (κ2) is 4.67. The fourth-order valence-electron chi connectivity index (χ4n) is 1.78. The Morgan fingerprint density at radius 3 is 2.94 bits per heavy atom. The summed E-state index contributed by atoms with van der Waals surface area (Å²) in [6.45, 7) is 1.17. The molecule has 90 valence electrons. The summed E-state index contributed by atoms with van der Waals surface area (Å²) in [5, 5.41) is 9.55. The van der Waals surface area contributed by atoms with Crippen molar-refractivity contribution >= 4 is 11.3 Å². The number of nitriles is 1. The zero-order valence-electron chi connectivity index (χ0n) is 9.55. The first kappa shape index (κ1) is 11.1. The quantitative estimate of drug-likeness (QED) is 0.831. The van der Waals surface area contributed by atoms with E-state index in [-0.39, 0.29) is 0 Å². The molecule has 0 bridgehead atoms. The van der Waals surface area contributed by atoms with Gasteiger partial charge in [0.15, 0.2) is 11.5 Å². The molecular formula is C13H10N2O2S. The standard InChI is InChI=1S/C13H10N2O2S/c14-4-3-10-8-15-13(18-10)9-1-2-11-12(7-9)17-6-5-16-11/h1-2,7-8H,3,5-6H2. The number of rotatable bonds is 2. The van der Waals surface area contributed by atoms with Gasteiger partial charge in [0, 0.05) is 16.6 Å². The van der Waals surface area contributed by atoms with Crippen molar-refractivity contribution in [3.05, 3.63) is 29.3 Å². The normalized spacial score (nSPS) is 13.1. The summed E-state index contributed by atoms with van der Waals surface area (Å²) >= 11 is 1.53. The molecule has 2 heterocycles. The Balaban J connectivity index is 1.93. The Morgan fingerprint density at radius 1 is 1.28 bits per heavy atom. The van der Waals surface area contributed by atoms with Crippen LogP contribution in [0.3, 0.4) is 0 Å². The minimum Gasteiger partial charge on any atom is -0.486 e. The number of benzene rings is 1. The van der Waals surface area contributed by atoms with E-state index in [1.165, 1.54) is 11.3 Å². The molecule has 4 nitrogen and oxygen atoms in total. The lowest BCUT2D eigenvalue weighted by molar-refractivity contribution is 0.171. The Labute approximate surface area is 108 Å². The summed E-state index contributed by atoms with van der Waals surface area (Å²) in [5.41, 5.74) is 0.994. The molecule has 0 amide bonds. The van der Waals surface area contributed by atoms with Gasteiger partial charge < -0.3 is 9.47 Å². The topological polar surface area (TPSA) is 55.1 Å². The van der Waals surface area contributed by atoms with Gasteiger partial charge in [-0.1, -0.05) is 0 Å². The maximum atomic E-state index is 8.65. The molecule has 5 heteroatoms. The first-order chi connectivity index (χ1) is 8.86. The summed E-state index contributed by atoms with van der Waals surface area (Å²) in [6.07, 6.45) is 2.16. The fraction of sp³-hybridized carbons (Fsp3) is 0.231. The van der Waals surface area contributed by atoms with Crippen molar-refractivity contribution in [1.82, 2.24) is 4.98 Å². The van der Waals surface area contributed by atoms with Crippen LogP contribution in [0.2, 0.25) is 0 Å². The summed E-state index contributed by atoms with van der Waals surface area (Å²) in [6, 6.07) is 7.92. The van der Waals surface area contributed by atoms with Crippen LogP contribution in [0.5, 0.6) is 11.5 Å². The van der Waals surface area contributed by atoms with Crippen molar-refractivity contribution in [2.24, 2.45) is 0 Å². The lowest BCUT2D eigenvalue weighted by Gasteiger charge is -2.18. The molecule has 3 rings (SSSR count). The van der Waals surface area contributed by atoms with Crippen LogP contribution in [0.1, 0.15) is 4.88 Å². The summed E-state index contributed by atoms with van der Waals surface area (Å²) in [4.78, 5) is 5.30. The van der Waals surface area contributed by atoms with Gasteiger partial charge in [-0.15, -0.1) is 11.3 Å². The molecule has 0 spiro atoms. The third-order valence-electron chi connectivity index (χ3n) is 2.60. The molecule has 18 heavy (non-hydrogen) atoms. The molecule has 1 aromatic carbocycles. The number of ether oxygens (including phenoxy) is 2. The molecule has 2 aromatic rings. The number of nitrogens with zero attached hydrogens (tertiary/aromatic N) is 2. The minimum atomic E-state index is 0.405. The van der Waals surface area contributed by atoms with Crippen LogP contribution in [0.4, 0.5) is 0 Å². The predicted octanol–water partition coefficient (Wildman–Crippen LogP) is 2.65. The van der Waals surface area contributed by atoms with Gasteiger partial charge in [-0.25, -0.2) is 4.98 Å². The van der Waals surface area contributed by atoms with Crippen molar-refractivity contribution in [2.75, 3.05) is 13.2 Å². The van der Waals surface area contributed by atoms with Crippen LogP contribution < -0.4 is 9.47 Å². The van der Waals surface area contributed by atoms with Crippen molar-refractivity contribution in [1.29, 1.82) is 5.26 Å². The van der Waals surface area contributed by atoms with E-state index in [1.807, 2.05) is 18.2 Å². The first-order valence-corrected chi connectivity index (χ1v) is 6.40. The molecule has 0 radical (unpaired) electrons. The molecule has 1 aliphatic rings. The van der Waals surface area contributed by atoms with E-state index in [4.69, 9.17) is 14.7 Å². The van der Waals surface area contributed by atoms with Crippen molar-refractivity contribution in [3.8, 4) is 28.1 Å². The number of hydrogen-bond donors (Lipinski definition) is 0. The van der Waals surface area contributed by atoms with Gasteiger partial charge in [-0.2, -0.15) is 5.26 Å². The molecule has 0 atom stereocenters. The SMILES string of the molecule is N#CCc1cnc(-c2ccc3c(c2)OCCO3)s1. The maximum Gasteiger partial charge on any atom is 0.162 e. The number of thiazole rings is 1. The number of fused-ring (bicyclic) bond motifs is 1. The van der Waals surface area contributed by atoms with E-state index in [1.54, 1.807) is 6.20 Å². The smallest absolute Gasteiger partial charge is 0.162 e. The van der Waals surface area contributed by atoms with Gasteiger partial charge in [0.2, 0.25) is 0 Å². The average molecular weight is 258 g/mol. The molecule has 0 N–H and O–H groups in total. The average Bonchev–Trinajstić information content (AvgIpc) is 2.87. The van der Waals surface area contributed by atoms with Gasteiger partial charge in [-0.05, 0) is 18.2 Å². The Kier molecular flexibility index (Phi) is 2.87. The fourth-order valence-corrected chi connectivity index (χ4v) is 2.62. The van der Waals surface area contributed by atoms with Crippen LogP contribution in [-0.4, -0.2) is 18.2 Å². The van der Waals surface area contributed by atoms with Gasteiger partial charge in [0.25, 0.3) is 0 Å². The van der Waals surface area contributed by atoms with Crippen LogP contribution >= 0.6 is 11.3 Å². The predicted molar refractivity (Wildman–Crippen MR) is 67.9 cm³/mol. The highest BCUT2D eigenvalue weighted by Crippen LogP contribution is 2.35. The third kappa shape index (κ3) is 2.03. The Bertz CT molecular complexity index is 616. The summed E-state index contributed by atoms with van der Waals surface area (Å²) in [5.74, 6) is 1.54. The molecule has 0 aliphatic carbocycles. The highest BCUT2D eigenvalue weighted by atomic mass is 32.1.